The van der Waals surface area contributed by atoms with E-state index in [1.54, 1.807) is 0 Å². The van der Waals surface area contributed by atoms with Gasteiger partial charge in [0.05, 0.1) is 6.20 Å². The minimum Gasteiger partial charge on any atom is -0.314 e. The molecule has 2 saturated heterocycles. The molecule has 4 nitrogen and oxygen atoms in total. The molecule has 1 atom stereocenters. The lowest BCUT2D eigenvalue weighted by Gasteiger charge is -2.35. The molecule has 2 aliphatic heterocycles. The van der Waals surface area contributed by atoms with Gasteiger partial charge in [0.2, 0.25) is 0 Å². The quantitative estimate of drug-likeness (QED) is 0.928. The van der Waals surface area contributed by atoms with E-state index >= 15 is 0 Å². The first-order chi connectivity index (χ1) is 12.2. The van der Waals surface area contributed by atoms with Gasteiger partial charge in [-0.3, -0.25) is 9.58 Å². The van der Waals surface area contributed by atoms with Crippen molar-refractivity contribution in [2.24, 2.45) is 13.0 Å². The van der Waals surface area contributed by atoms with Gasteiger partial charge >= 0.3 is 0 Å². The van der Waals surface area contributed by atoms with Gasteiger partial charge in [-0.15, -0.1) is 0 Å². The van der Waals surface area contributed by atoms with E-state index in [0.717, 1.165) is 18.5 Å². The number of nitrogens with zero attached hydrogens (tertiary/aromatic N) is 3. The largest absolute Gasteiger partial charge is 0.314 e. The zero-order valence-electron chi connectivity index (χ0n) is 15.5. The van der Waals surface area contributed by atoms with Crippen molar-refractivity contribution in [2.45, 2.75) is 45.2 Å². The highest BCUT2D eigenvalue weighted by Gasteiger charge is 2.28. The van der Waals surface area contributed by atoms with Gasteiger partial charge < -0.3 is 5.32 Å². The molecule has 1 N–H and O–H groups in total. The third-order valence-corrected chi connectivity index (χ3v) is 5.97. The maximum atomic E-state index is 4.36. The third-order valence-electron chi connectivity index (χ3n) is 5.97. The van der Waals surface area contributed by atoms with E-state index in [2.05, 4.69) is 46.6 Å². The van der Waals surface area contributed by atoms with E-state index in [1.807, 2.05) is 17.9 Å². The minimum atomic E-state index is 0.785. The molecule has 0 radical (unpaired) electrons. The van der Waals surface area contributed by atoms with Gasteiger partial charge in [0.1, 0.15) is 0 Å². The number of rotatable bonds is 4. The third kappa shape index (κ3) is 3.80. The van der Waals surface area contributed by atoms with E-state index in [0.29, 0.717) is 0 Å². The Balaban J connectivity index is 1.44. The molecule has 0 spiro atoms. The van der Waals surface area contributed by atoms with E-state index in [4.69, 9.17) is 0 Å². The summed E-state index contributed by atoms with van der Waals surface area (Å²) >= 11 is 0. The second-order valence-corrected chi connectivity index (χ2v) is 7.88. The van der Waals surface area contributed by atoms with Gasteiger partial charge in [-0.2, -0.15) is 5.10 Å². The molecule has 2 aromatic rings. The maximum absolute atomic E-state index is 4.36. The summed E-state index contributed by atoms with van der Waals surface area (Å²) < 4.78 is 1.89. The lowest BCUT2D eigenvalue weighted by atomic mass is 9.88. The fourth-order valence-corrected chi connectivity index (χ4v) is 4.53. The smallest absolute Gasteiger partial charge is 0.0568 e. The molecule has 0 amide bonds. The summed E-state index contributed by atoms with van der Waals surface area (Å²) in [5, 5.41) is 8.06. The van der Waals surface area contributed by atoms with Crippen molar-refractivity contribution in [1.29, 1.82) is 0 Å². The molecule has 0 saturated carbocycles. The number of aromatic nitrogens is 2. The van der Waals surface area contributed by atoms with E-state index in [1.165, 1.54) is 67.6 Å². The molecule has 0 bridgehead atoms. The summed E-state index contributed by atoms with van der Waals surface area (Å²) in [5.74, 6) is 0.884. The number of aryl methyl sites for hydroxylation is 2. The molecule has 25 heavy (non-hydrogen) atoms. The van der Waals surface area contributed by atoms with Crippen LogP contribution < -0.4 is 5.32 Å². The van der Waals surface area contributed by atoms with Crippen molar-refractivity contribution in [2.75, 3.05) is 19.6 Å². The van der Waals surface area contributed by atoms with Crippen molar-refractivity contribution in [3.8, 4) is 11.1 Å². The Morgan fingerprint density at radius 1 is 1.20 bits per heavy atom. The number of benzene rings is 1. The van der Waals surface area contributed by atoms with Gasteiger partial charge in [-0.25, -0.2) is 0 Å². The molecule has 1 unspecified atom stereocenters. The fraction of sp³-hybridized carbons (Fsp3) is 0.571. The molecule has 1 aromatic heterocycles. The molecular weight excluding hydrogens is 308 g/mol. The molecule has 0 aliphatic carbocycles. The summed E-state index contributed by atoms with van der Waals surface area (Å²) in [6.45, 7) is 6.90. The average Bonchev–Trinajstić information content (AvgIpc) is 3.29. The SMILES string of the molecule is Cc1ccc(CN2CCC(C3CCCN3)CC2)c(-c2cnn(C)c2)c1. The van der Waals surface area contributed by atoms with E-state index < -0.39 is 0 Å². The number of piperidine rings is 1. The zero-order valence-corrected chi connectivity index (χ0v) is 15.5. The monoisotopic (exact) mass is 338 g/mol. The summed E-state index contributed by atoms with van der Waals surface area (Å²) in [6.07, 6.45) is 9.53. The van der Waals surface area contributed by atoms with Crippen LogP contribution in [0.15, 0.2) is 30.6 Å². The Hall–Kier alpha value is -1.65. The van der Waals surface area contributed by atoms with Gasteiger partial charge in [-0.1, -0.05) is 23.8 Å². The number of nitrogens with one attached hydrogen (secondary N) is 1. The second kappa shape index (κ2) is 7.30. The van der Waals surface area contributed by atoms with Crippen LogP contribution >= 0.6 is 0 Å². The normalized spacial score (nSPS) is 22.6. The number of likely N-dealkylation sites (tertiary alicyclic amines) is 1. The average molecular weight is 338 g/mol. The molecule has 4 heteroatoms. The van der Waals surface area contributed by atoms with Gasteiger partial charge in [0, 0.05) is 31.4 Å². The highest BCUT2D eigenvalue weighted by atomic mass is 15.2. The van der Waals surface area contributed by atoms with Gasteiger partial charge in [0.15, 0.2) is 0 Å². The van der Waals surface area contributed by atoms with Crippen LogP contribution in [0.5, 0.6) is 0 Å². The molecular formula is C21H30N4. The van der Waals surface area contributed by atoms with Crippen LogP contribution in [0.25, 0.3) is 11.1 Å². The summed E-state index contributed by atoms with van der Waals surface area (Å²) in [6, 6.07) is 7.64. The Labute approximate surface area is 151 Å². The maximum Gasteiger partial charge on any atom is 0.0568 e. The molecule has 2 aliphatic rings. The Morgan fingerprint density at radius 2 is 2.04 bits per heavy atom. The highest BCUT2D eigenvalue weighted by Crippen LogP contribution is 2.29. The Morgan fingerprint density at radius 3 is 2.72 bits per heavy atom. The summed E-state index contributed by atoms with van der Waals surface area (Å²) in [7, 11) is 1.99. The second-order valence-electron chi connectivity index (χ2n) is 7.88. The first-order valence-corrected chi connectivity index (χ1v) is 9.73. The van der Waals surface area contributed by atoms with Crippen LogP contribution in [0.2, 0.25) is 0 Å². The molecule has 4 rings (SSSR count). The van der Waals surface area contributed by atoms with Gasteiger partial charge in [0.25, 0.3) is 0 Å². The molecule has 134 valence electrons. The minimum absolute atomic E-state index is 0.785. The van der Waals surface area contributed by atoms with Crippen molar-refractivity contribution in [3.63, 3.8) is 0 Å². The lowest BCUT2D eigenvalue weighted by Crippen LogP contribution is -2.40. The van der Waals surface area contributed by atoms with Crippen LogP contribution in [0.3, 0.4) is 0 Å². The number of hydrogen-bond acceptors (Lipinski definition) is 3. The van der Waals surface area contributed by atoms with Gasteiger partial charge in [-0.05, 0) is 69.3 Å². The number of hydrogen-bond donors (Lipinski definition) is 1. The Bertz CT molecular complexity index is 706. The first-order valence-electron chi connectivity index (χ1n) is 9.73. The topological polar surface area (TPSA) is 33.1 Å². The fourth-order valence-electron chi connectivity index (χ4n) is 4.53. The van der Waals surface area contributed by atoms with E-state index in [9.17, 15) is 0 Å². The molecule has 1 aromatic carbocycles. The summed E-state index contributed by atoms with van der Waals surface area (Å²) in [5.41, 5.74) is 5.31. The highest BCUT2D eigenvalue weighted by molar-refractivity contribution is 5.66. The van der Waals surface area contributed by atoms with E-state index in [-0.39, 0.29) is 0 Å². The van der Waals surface area contributed by atoms with Crippen LogP contribution in [-0.4, -0.2) is 40.4 Å². The van der Waals surface area contributed by atoms with Crippen molar-refractivity contribution < 1.29 is 0 Å². The predicted octanol–water partition coefficient (Wildman–Crippen LogP) is 3.36. The van der Waals surface area contributed by atoms with Crippen LogP contribution in [0.1, 0.15) is 36.8 Å². The van der Waals surface area contributed by atoms with Crippen molar-refractivity contribution in [3.05, 3.63) is 41.7 Å². The van der Waals surface area contributed by atoms with Crippen LogP contribution in [-0.2, 0) is 13.6 Å². The first kappa shape index (κ1) is 16.8. The van der Waals surface area contributed by atoms with Crippen LogP contribution in [0, 0.1) is 12.8 Å². The van der Waals surface area contributed by atoms with Crippen molar-refractivity contribution in [1.82, 2.24) is 20.0 Å². The lowest BCUT2D eigenvalue weighted by molar-refractivity contribution is 0.157. The summed E-state index contributed by atoms with van der Waals surface area (Å²) in [4.78, 5) is 2.63. The van der Waals surface area contributed by atoms with Crippen molar-refractivity contribution >= 4 is 0 Å². The Kier molecular flexibility index (Phi) is 4.91. The predicted molar refractivity (Wildman–Crippen MR) is 102 cm³/mol. The standard InChI is InChI=1S/C21H30N4/c1-16-5-6-18(20(12-16)19-13-23-24(2)14-19)15-25-10-7-17(8-11-25)21-4-3-9-22-21/h5-6,12-14,17,21-22H,3-4,7-11,15H2,1-2H3. The zero-order chi connectivity index (χ0) is 17.2. The van der Waals surface area contributed by atoms with Crippen LogP contribution in [0.4, 0.5) is 0 Å². The molecule has 2 fully saturated rings. The molecule has 3 heterocycles.